The topological polar surface area (TPSA) is 101 Å². The summed E-state index contributed by atoms with van der Waals surface area (Å²) >= 11 is 0. The molecule has 0 aromatic carbocycles. The summed E-state index contributed by atoms with van der Waals surface area (Å²) in [6.07, 6.45) is -5.00. The van der Waals surface area contributed by atoms with Crippen LogP contribution in [0.4, 0.5) is 0 Å². The van der Waals surface area contributed by atoms with Gasteiger partial charge in [0.25, 0.3) is 0 Å². The standard InChI is InChI=1S/C5H12O5/c6-1-3(8)5(10)4(9)2-7/h3-10H,1-2H2/t3-,4+,5-/i1D/t1?,3-,4+,5-/m1/s1. The Morgan fingerprint density at radius 3 is 1.90 bits per heavy atom. The highest BCUT2D eigenvalue weighted by Gasteiger charge is 2.22. The van der Waals surface area contributed by atoms with E-state index < -0.39 is 31.5 Å². The molecule has 0 bridgehead atoms. The Hall–Kier alpha value is -0.200. The van der Waals surface area contributed by atoms with Crippen molar-refractivity contribution in [2.24, 2.45) is 0 Å². The van der Waals surface area contributed by atoms with Gasteiger partial charge in [0, 0.05) is 0 Å². The van der Waals surface area contributed by atoms with Crippen LogP contribution in [0.3, 0.4) is 0 Å². The molecule has 10 heavy (non-hydrogen) atoms. The SMILES string of the molecule is [2H]C(O)[C@@H](O)[C@@H](O)[C@@H](O)CO. The molecular weight excluding hydrogens is 140 g/mol. The van der Waals surface area contributed by atoms with Crippen LogP contribution >= 0.6 is 0 Å². The molecule has 4 atom stereocenters. The van der Waals surface area contributed by atoms with Crippen LogP contribution in [0.25, 0.3) is 0 Å². The minimum Gasteiger partial charge on any atom is -0.394 e. The highest BCUT2D eigenvalue weighted by Crippen LogP contribution is 1.97. The first kappa shape index (κ1) is 7.90. The van der Waals surface area contributed by atoms with Crippen molar-refractivity contribution in [3.63, 3.8) is 0 Å². The van der Waals surface area contributed by atoms with E-state index in [1.807, 2.05) is 0 Å². The Bertz CT molecular complexity index is 109. The van der Waals surface area contributed by atoms with Crippen LogP contribution in [0, 0.1) is 0 Å². The molecule has 0 fully saturated rings. The third-order valence-corrected chi connectivity index (χ3v) is 1.08. The van der Waals surface area contributed by atoms with Crippen molar-refractivity contribution in [1.82, 2.24) is 0 Å². The summed E-state index contributed by atoms with van der Waals surface area (Å²) in [7, 11) is 0. The molecule has 62 valence electrons. The van der Waals surface area contributed by atoms with E-state index in [1.54, 1.807) is 0 Å². The molecule has 0 aromatic rings. The molecule has 0 heterocycles. The molecule has 1 unspecified atom stereocenters. The zero-order valence-electron chi connectivity index (χ0n) is 6.25. The maximum atomic E-state index is 8.82. The normalized spacial score (nSPS) is 24.7. The van der Waals surface area contributed by atoms with E-state index in [9.17, 15) is 0 Å². The van der Waals surface area contributed by atoms with Gasteiger partial charge < -0.3 is 25.5 Å². The number of aliphatic hydroxyl groups is 5. The number of hydrogen-bond acceptors (Lipinski definition) is 5. The lowest BCUT2D eigenvalue weighted by Gasteiger charge is -2.19. The molecule has 5 nitrogen and oxygen atoms in total. The zero-order chi connectivity index (χ0) is 9.02. The molecule has 0 aliphatic rings. The van der Waals surface area contributed by atoms with E-state index in [-0.39, 0.29) is 0 Å². The highest BCUT2D eigenvalue weighted by molar-refractivity contribution is 4.73. The molecule has 0 aliphatic heterocycles. The lowest BCUT2D eigenvalue weighted by atomic mass is 10.1. The fourth-order valence-corrected chi connectivity index (χ4v) is 0.424. The third-order valence-electron chi connectivity index (χ3n) is 1.08. The van der Waals surface area contributed by atoms with E-state index in [1.165, 1.54) is 0 Å². The number of rotatable bonds is 4. The summed E-state index contributed by atoms with van der Waals surface area (Å²) in [5.41, 5.74) is 0. The average molecular weight is 153 g/mol. The first-order valence-corrected chi connectivity index (χ1v) is 2.76. The van der Waals surface area contributed by atoms with Gasteiger partial charge in [-0.05, 0) is 0 Å². The van der Waals surface area contributed by atoms with Gasteiger partial charge in [0.05, 0.1) is 14.6 Å². The van der Waals surface area contributed by atoms with Gasteiger partial charge in [-0.2, -0.15) is 0 Å². The average Bonchev–Trinajstić information content (AvgIpc) is 2.00. The Balaban J connectivity index is 3.90. The fourth-order valence-electron chi connectivity index (χ4n) is 0.424. The monoisotopic (exact) mass is 153 g/mol. The van der Waals surface area contributed by atoms with Gasteiger partial charge in [0.15, 0.2) is 0 Å². The molecule has 0 aliphatic carbocycles. The van der Waals surface area contributed by atoms with Gasteiger partial charge in [0.2, 0.25) is 0 Å². The zero-order valence-corrected chi connectivity index (χ0v) is 5.25. The van der Waals surface area contributed by atoms with Crippen molar-refractivity contribution in [1.29, 1.82) is 0 Å². The van der Waals surface area contributed by atoms with Crippen molar-refractivity contribution >= 4 is 0 Å². The largest absolute Gasteiger partial charge is 0.394 e. The second-order valence-electron chi connectivity index (χ2n) is 1.88. The second kappa shape index (κ2) is 4.59. The molecule has 0 spiro atoms. The van der Waals surface area contributed by atoms with Gasteiger partial charge in [-0.25, -0.2) is 0 Å². The predicted octanol–water partition coefficient (Wildman–Crippen LogP) is -2.95. The van der Waals surface area contributed by atoms with Crippen LogP contribution in [-0.4, -0.2) is 57.0 Å². The fraction of sp³-hybridized carbons (Fsp3) is 1.00. The van der Waals surface area contributed by atoms with E-state index in [2.05, 4.69) is 0 Å². The van der Waals surface area contributed by atoms with Crippen molar-refractivity contribution in [2.75, 3.05) is 13.2 Å². The molecule has 0 amide bonds. The van der Waals surface area contributed by atoms with E-state index >= 15 is 0 Å². The van der Waals surface area contributed by atoms with E-state index in [0.29, 0.717) is 0 Å². The molecule has 5 heteroatoms. The molecule has 0 radical (unpaired) electrons. The second-order valence-corrected chi connectivity index (χ2v) is 1.88. The van der Waals surface area contributed by atoms with Crippen molar-refractivity contribution in [2.45, 2.75) is 18.3 Å². The Kier molecular flexibility index (Phi) is 3.63. The molecule has 0 saturated heterocycles. The summed E-state index contributed by atoms with van der Waals surface area (Å²) in [6, 6.07) is 0. The molecule has 0 rings (SSSR count). The van der Waals surface area contributed by atoms with Crippen LogP contribution in [0.15, 0.2) is 0 Å². The van der Waals surface area contributed by atoms with Crippen LogP contribution < -0.4 is 0 Å². The van der Waals surface area contributed by atoms with Crippen molar-refractivity contribution in [3.8, 4) is 0 Å². The van der Waals surface area contributed by atoms with Gasteiger partial charge in [-0.3, -0.25) is 0 Å². The minimum absolute atomic E-state index is 0.731. The van der Waals surface area contributed by atoms with Crippen LogP contribution in [-0.2, 0) is 0 Å². The molecule has 5 N–H and O–H groups in total. The van der Waals surface area contributed by atoms with E-state index in [4.69, 9.17) is 26.9 Å². The lowest BCUT2D eigenvalue weighted by Crippen LogP contribution is -2.41. The van der Waals surface area contributed by atoms with Crippen molar-refractivity contribution < 1.29 is 26.9 Å². The molecule has 0 saturated carbocycles. The van der Waals surface area contributed by atoms with Gasteiger partial charge in [-0.15, -0.1) is 0 Å². The van der Waals surface area contributed by atoms with Gasteiger partial charge in [-0.1, -0.05) is 0 Å². The smallest absolute Gasteiger partial charge is 0.110 e. The Morgan fingerprint density at radius 1 is 1.10 bits per heavy atom. The molecular formula is C5H12O5. The van der Waals surface area contributed by atoms with Gasteiger partial charge in [0.1, 0.15) is 18.3 Å². The van der Waals surface area contributed by atoms with E-state index in [0.717, 1.165) is 0 Å². The first-order chi connectivity index (χ1) is 5.00. The lowest BCUT2D eigenvalue weighted by molar-refractivity contribution is -0.0900. The summed E-state index contributed by atoms with van der Waals surface area (Å²) in [4.78, 5) is 0. The summed E-state index contributed by atoms with van der Waals surface area (Å²) in [6.45, 7) is -2.61. The van der Waals surface area contributed by atoms with Crippen LogP contribution in [0.1, 0.15) is 1.37 Å². The first-order valence-electron chi connectivity index (χ1n) is 3.33. The highest BCUT2D eigenvalue weighted by atomic mass is 16.4. The van der Waals surface area contributed by atoms with Crippen LogP contribution in [0.5, 0.6) is 0 Å². The quantitative estimate of drug-likeness (QED) is 0.297. The number of hydrogen-bond donors (Lipinski definition) is 5. The van der Waals surface area contributed by atoms with Gasteiger partial charge >= 0.3 is 0 Å². The van der Waals surface area contributed by atoms with Crippen LogP contribution in [0.2, 0.25) is 0 Å². The molecule has 0 aromatic heterocycles. The maximum absolute atomic E-state index is 8.82. The van der Waals surface area contributed by atoms with Crippen molar-refractivity contribution in [3.05, 3.63) is 0 Å². The minimum atomic E-state index is -1.88. The maximum Gasteiger partial charge on any atom is 0.110 e. The Labute approximate surface area is 59.6 Å². The summed E-state index contributed by atoms with van der Waals surface area (Å²) < 4.78 is 6.54. The summed E-state index contributed by atoms with van der Waals surface area (Å²) in [5.74, 6) is 0. The third kappa shape index (κ3) is 2.59. The predicted molar refractivity (Wildman–Crippen MR) is 32.2 cm³/mol. The Morgan fingerprint density at radius 2 is 1.60 bits per heavy atom. The number of aliphatic hydroxyl groups excluding tert-OH is 5. The summed E-state index contributed by atoms with van der Waals surface area (Å²) in [5, 5.41) is 42.9.